The normalized spacial score (nSPS) is 20.6. The lowest BCUT2D eigenvalue weighted by Crippen LogP contribution is -2.60. The lowest BCUT2D eigenvalue weighted by Gasteiger charge is -2.40. The Bertz CT molecular complexity index is 1060. The van der Waals surface area contributed by atoms with Gasteiger partial charge < -0.3 is 34.3 Å². The molecule has 0 aromatic carbocycles. The van der Waals surface area contributed by atoms with Gasteiger partial charge in [0.1, 0.15) is 36.8 Å². The number of ether oxygens (including phenoxy) is 4. The first-order chi connectivity index (χ1) is 27.0. The zero-order valence-corrected chi connectivity index (χ0v) is 36.1. The molecule has 12 nitrogen and oxygen atoms in total. The summed E-state index contributed by atoms with van der Waals surface area (Å²) >= 11 is 0. The molecule has 1 saturated heterocycles. The van der Waals surface area contributed by atoms with E-state index in [1.54, 1.807) is 0 Å². The van der Waals surface area contributed by atoms with E-state index in [4.69, 9.17) is 18.9 Å². The van der Waals surface area contributed by atoms with Gasteiger partial charge in [-0.25, -0.2) is 0 Å². The van der Waals surface area contributed by atoms with Crippen LogP contribution in [0.5, 0.6) is 0 Å². The molecule has 1 aliphatic rings. The summed E-state index contributed by atoms with van der Waals surface area (Å²) in [5, 5.41) is 30.8. The first-order valence-corrected chi connectivity index (χ1v) is 24.2. The molecule has 2 unspecified atom stereocenters. The minimum atomic E-state index is -4.59. The molecule has 1 aliphatic heterocycles. The molecule has 1 fully saturated rings. The minimum absolute atomic E-state index is 0.170. The van der Waals surface area contributed by atoms with Gasteiger partial charge in [-0.1, -0.05) is 181 Å². The maximum absolute atomic E-state index is 12.7. The number of carbonyl (C=O) groups is 2. The summed E-state index contributed by atoms with van der Waals surface area (Å²) in [5.74, 6) is -1.97. The lowest BCUT2D eigenvalue weighted by atomic mass is 10.00. The molecule has 6 atom stereocenters. The number of aliphatic hydroxyl groups excluding tert-OH is 3. The van der Waals surface area contributed by atoms with E-state index in [9.17, 15) is 37.9 Å². The molecule has 13 heteroatoms. The van der Waals surface area contributed by atoms with E-state index in [1.165, 1.54) is 128 Å². The highest BCUT2D eigenvalue weighted by molar-refractivity contribution is 7.85. The van der Waals surface area contributed by atoms with Gasteiger partial charge >= 0.3 is 11.9 Å². The summed E-state index contributed by atoms with van der Waals surface area (Å²) in [4.78, 5) is 25.3. The second-order valence-corrected chi connectivity index (χ2v) is 17.6. The Morgan fingerprint density at radius 3 is 1.30 bits per heavy atom. The second kappa shape index (κ2) is 34.5. The van der Waals surface area contributed by atoms with Crippen LogP contribution in [0.1, 0.15) is 206 Å². The Kier molecular flexibility index (Phi) is 32.5. The molecule has 0 bridgehead atoms. The topological polar surface area (TPSA) is 186 Å². The van der Waals surface area contributed by atoms with E-state index >= 15 is 0 Å². The molecular weight excluding hydrogens is 741 g/mol. The predicted molar refractivity (Wildman–Crippen MR) is 220 cm³/mol. The fourth-order valence-electron chi connectivity index (χ4n) is 7.15. The third kappa shape index (κ3) is 29.0. The van der Waals surface area contributed by atoms with Gasteiger partial charge in [-0.3, -0.25) is 14.1 Å². The Morgan fingerprint density at radius 1 is 0.536 bits per heavy atom. The van der Waals surface area contributed by atoms with Crippen LogP contribution < -0.4 is 0 Å². The molecular formula is C43H82O12S. The number of hydrogen-bond acceptors (Lipinski definition) is 11. The maximum Gasteiger partial charge on any atom is 0.306 e. The monoisotopic (exact) mass is 823 g/mol. The van der Waals surface area contributed by atoms with E-state index < -0.39 is 71.2 Å². The molecule has 1 rings (SSSR count). The van der Waals surface area contributed by atoms with Crippen LogP contribution in [0.3, 0.4) is 0 Å². The summed E-state index contributed by atoms with van der Waals surface area (Å²) in [6.07, 6.45) is 24.5. The Balaban J connectivity index is 2.36. The number of esters is 2. The maximum atomic E-state index is 12.7. The predicted octanol–water partition coefficient (Wildman–Crippen LogP) is 8.90. The summed E-state index contributed by atoms with van der Waals surface area (Å²) in [6, 6.07) is 0. The van der Waals surface area contributed by atoms with Gasteiger partial charge in [0.2, 0.25) is 0 Å². The number of rotatable bonds is 38. The average molecular weight is 823 g/mol. The highest BCUT2D eigenvalue weighted by Crippen LogP contribution is 2.24. The summed E-state index contributed by atoms with van der Waals surface area (Å²) in [7, 11) is -4.59. The molecule has 0 aliphatic carbocycles. The smallest absolute Gasteiger partial charge is 0.306 e. The van der Waals surface area contributed by atoms with E-state index in [2.05, 4.69) is 13.8 Å². The Labute approximate surface area is 340 Å². The van der Waals surface area contributed by atoms with Gasteiger partial charge in [0, 0.05) is 12.8 Å². The van der Waals surface area contributed by atoms with Crippen molar-refractivity contribution in [3.63, 3.8) is 0 Å². The van der Waals surface area contributed by atoms with Crippen molar-refractivity contribution in [3.05, 3.63) is 0 Å². The lowest BCUT2D eigenvalue weighted by molar-refractivity contribution is -0.297. The van der Waals surface area contributed by atoms with Crippen LogP contribution in [0.25, 0.3) is 0 Å². The molecule has 0 amide bonds. The Morgan fingerprint density at radius 2 is 0.911 bits per heavy atom. The van der Waals surface area contributed by atoms with Gasteiger partial charge in [0.25, 0.3) is 10.1 Å². The van der Waals surface area contributed by atoms with Crippen molar-refractivity contribution in [2.75, 3.05) is 19.0 Å². The number of carbonyl (C=O) groups excluding carboxylic acids is 2. The molecule has 0 radical (unpaired) electrons. The van der Waals surface area contributed by atoms with Crippen molar-refractivity contribution in [1.29, 1.82) is 0 Å². The summed E-state index contributed by atoms with van der Waals surface area (Å²) in [6.45, 7) is 3.75. The third-order valence-corrected chi connectivity index (χ3v) is 11.4. The number of aliphatic hydroxyl groups is 3. The van der Waals surface area contributed by atoms with Gasteiger partial charge in [-0.2, -0.15) is 8.42 Å². The quantitative estimate of drug-likeness (QED) is 0.0264. The van der Waals surface area contributed by atoms with E-state index in [1.807, 2.05) is 0 Å². The highest BCUT2D eigenvalue weighted by atomic mass is 32.2. The zero-order chi connectivity index (χ0) is 41.3. The zero-order valence-electron chi connectivity index (χ0n) is 35.3. The van der Waals surface area contributed by atoms with Crippen molar-refractivity contribution in [2.24, 2.45) is 0 Å². The summed E-state index contributed by atoms with van der Waals surface area (Å²) < 4.78 is 53.9. The summed E-state index contributed by atoms with van der Waals surface area (Å²) in [5.41, 5.74) is 0. The molecule has 1 heterocycles. The highest BCUT2D eigenvalue weighted by Gasteiger charge is 2.46. The minimum Gasteiger partial charge on any atom is -0.462 e. The van der Waals surface area contributed by atoms with Crippen molar-refractivity contribution < 1.29 is 56.8 Å². The molecule has 4 N–H and O–H groups in total. The van der Waals surface area contributed by atoms with Crippen LogP contribution >= 0.6 is 0 Å². The van der Waals surface area contributed by atoms with Crippen LogP contribution in [-0.2, 0) is 38.7 Å². The number of unbranched alkanes of at least 4 members (excludes halogenated alkanes) is 26. The largest absolute Gasteiger partial charge is 0.462 e. The van der Waals surface area contributed by atoms with Crippen LogP contribution in [0.2, 0.25) is 0 Å². The first-order valence-electron chi connectivity index (χ1n) is 22.6. The van der Waals surface area contributed by atoms with E-state index in [0.717, 1.165) is 38.5 Å². The second-order valence-electron chi connectivity index (χ2n) is 16.1. The standard InChI is InChI=1S/C43H82O12S/c1-3-5-7-9-11-13-14-15-16-17-18-19-20-21-22-24-25-27-29-31-38(44)52-33-36(54-39(45)32-30-28-26-23-12-10-8-6-4-2)34-53-43-42(48)41(47)40(46)37(55-43)35-56(49,50)51/h36-37,40-43,46-48H,3-35H2,1-2H3,(H,49,50,51)/t36-,37-,40-,41?,42?,43+/m1/s1. The molecule has 332 valence electrons. The van der Waals surface area contributed by atoms with E-state index in [-0.39, 0.29) is 19.4 Å². The fourth-order valence-corrected chi connectivity index (χ4v) is 7.84. The van der Waals surface area contributed by atoms with Gasteiger partial charge in [-0.05, 0) is 12.8 Å². The van der Waals surface area contributed by atoms with Crippen LogP contribution in [0.4, 0.5) is 0 Å². The first kappa shape index (κ1) is 52.7. The van der Waals surface area contributed by atoms with Crippen molar-refractivity contribution in [1.82, 2.24) is 0 Å². The fraction of sp³-hybridized carbons (Fsp3) is 0.953. The van der Waals surface area contributed by atoms with E-state index in [0.29, 0.717) is 12.8 Å². The molecule has 0 saturated carbocycles. The van der Waals surface area contributed by atoms with Crippen molar-refractivity contribution >= 4 is 22.1 Å². The molecule has 56 heavy (non-hydrogen) atoms. The molecule has 0 aromatic heterocycles. The SMILES string of the molecule is CCCCCCCCCCCCCCCCCCCCCC(=O)OC[C@H](CO[C@H]1O[C@H](CS(=O)(=O)O)[C@@H](O)C(O)C1O)OC(=O)CCCCCCCCCCC. The Hall–Kier alpha value is -1.35. The van der Waals surface area contributed by atoms with Crippen LogP contribution in [0, 0.1) is 0 Å². The van der Waals surface area contributed by atoms with Crippen LogP contribution in [-0.4, -0.2) is 96.0 Å². The molecule has 0 spiro atoms. The van der Waals surface area contributed by atoms with Crippen LogP contribution in [0.15, 0.2) is 0 Å². The average Bonchev–Trinajstić information content (AvgIpc) is 3.16. The van der Waals surface area contributed by atoms with Gasteiger partial charge in [-0.15, -0.1) is 0 Å². The van der Waals surface area contributed by atoms with Crippen molar-refractivity contribution in [2.45, 2.75) is 243 Å². The molecule has 0 aromatic rings. The van der Waals surface area contributed by atoms with Crippen molar-refractivity contribution in [3.8, 4) is 0 Å². The third-order valence-electron chi connectivity index (χ3n) is 10.7. The van der Waals surface area contributed by atoms with Gasteiger partial charge in [0.15, 0.2) is 12.4 Å². The van der Waals surface area contributed by atoms with Gasteiger partial charge in [0.05, 0.1) is 6.61 Å². The number of hydrogen-bond donors (Lipinski definition) is 4.